The molecule has 5 heteroatoms. The van der Waals surface area contributed by atoms with Gasteiger partial charge in [-0.15, -0.1) is 0 Å². The zero-order valence-corrected chi connectivity index (χ0v) is 13.8. The van der Waals surface area contributed by atoms with Gasteiger partial charge in [-0.25, -0.2) is 0 Å². The van der Waals surface area contributed by atoms with Crippen LogP contribution in [0.1, 0.15) is 11.5 Å². The molecule has 2 aromatic rings. The Kier molecular flexibility index (Phi) is 4.55. The Balaban J connectivity index is 1.98. The Bertz CT molecular complexity index is 824. The number of nitrogens with zero attached hydrogens (tertiary/aromatic N) is 2. The van der Waals surface area contributed by atoms with Crippen LogP contribution in [0.4, 0.5) is 5.69 Å². The van der Waals surface area contributed by atoms with E-state index in [0.717, 1.165) is 5.56 Å². The molecule has 0 unspecified atom stereocenters. The van der Waals surface area contributed by atoms with Crippen molar-refractivity contribution >= 4 is 11.6 Å². The van der Waals surface area contributed by atoms with Crippen molar-refractivity contribution in [2.75, 3.05) is 12.0 Å². The van der Waals surface area contributed by atoms with Gasteiger partial charge in [0.2, 0.25) is 5.91 Å². The molecule has 3 rings (SSSR count). The van der Waals surface area contributed by atoms with Gasteiger partial charge >= 0.3 is 0 Å². The summed E-state index contributed by atoms with van der Waals surface area (Å²) in [6.45, 7) is 3.62. The smallest absolute Gasteiger partial charge is 0.237 e. The van der Waals surface area contributed by atoms with Gasteiger partial charge in [0.05, 0.1) is 30.7 Å². The van der Waals surface area contributed by atoms with Crippen molar-refractivity contribution in [3.05, 3.63) is 72.3 Å². The van der Waals surface area contributed by atoms with Crippen LogP contribution in [-0.2, 0) is 4.79 Å². The molecule has 1 heterocycles. The number of β-lactam (4-membered cyclic amide) rings is 1. The van der Waals surface area contributed by atoms with Gasteiger partial charge in [-0.1, -0.05) is 36.9 Å². The minimum atomic E-state index is -1.13. The molecule has 1 fully saturated rings. The number of benzene rings is 2. The van der Waals surface area contributed by atoms with Crippen molar-refractivity contribution in [1.29, 1.82) is 5.26 Å². The summed E-state index contributed by atoms with van der Waals surface area (Å²) in [6.07, 6.45) is -1.13. The molecule has 0 radical (unpaired) electrons. The highest BCUT2D eigenvalue weighted by Crippen LogP contribution is 2.42. The van der Waals surface area contributed by atoms with Crippen LogP contribution in [0, 0.1) is 11.3 Å². The second kappa shape index (κ2) is 6.80. The first-order valence-corrected chi connectivity index (χ1v) is 7.87. The minimum Gasteiger partial charge on any atom is -0.497 e. The standard InChI is InChI=1S/C20H18N2O3/c1-13(12-21)19(23)18-17(14-6-4-3-5-7-14)20(24)22(18)15-8-10-16(25-2)11-9-15/h3-11,17-19,23H,1H2,2H3/t17-,18+,19-/m0/s1. The van der Waals surface area contributed by atoms with Crippen LogP contribution in [0.15, 0.2) is 66.7 Å². The molecule has 3 atom stereocenters. The molecule has 1 aliphatic heterocycles. The lowest BCUT2D eigenvalue weighted by Crippen LogP contribution is -2.64. The van der Waals surface area contributed by atoms with Crippen molar-refractivity contribution in [1.82, 2.24) is 0 Å². The number of hydrogen-bond acceptors (Lipinski definition) is 4. The predicted molar refractivity (Wildman–Crippen MR) is 94.2 cm³/mol. The summed E-state index contributed by atoms with van der Waals surface area (Å²) in [4.78, 5) is 14.3. The maximum Gasteiger partial charge on any atom is 0.237 e. The van der Waals surface area contributed by atoms with E-state index in [1.807, 2.05) is 36.4 Å². The van der Waals surface area contributed by atoms with Crippen LogP contribution in [0.2, 0.25) is 0 Å². The first-order chi connectivity index (χ1) is 12.1. The monoisotopic (exact) mass is 334 g/mol. The van der Waals surface area contributed by atoms with E-state index in [4.69, 9.17) is 10.00 Å². The van der Waals surface area contributed by atoms with Gasteiger partial charge in [0, 0.05) is 5.69 Å². The van der Waals surface area contributed by atoms with Gasteiger partial charge in [-0.3, -0.25) is 4.79 Å². The summed E-state index contributed by atoms with van der Waals surface area (Å²) in [5.41, 5.74) is 1.50. The van der Waals surface area contributed by atoms with Crippen LogP contribution in [-0.4, -0.2) is 30.3 Å². The van der Waals surface area contributed by atoms with Crippen molar-refractivity contribution < 1.29 is 14.6 Å². The molecule has 5 nitrogen and oxygen atoms in total. The second-order valence-electron chi connectivity index (χ2n) is 5.87. The van der Waals surface area contributed by atoms with Gasteiger partial charge < -0.3 is 14.7 Å². The highest BCUT2D eigenvalue weighted by Gasteiger charge is 2.52. The molecular weight excluding hydrogens is 316 g/mol. The van der Waals surface area contributed by atoms with Gasteiger partial charge in [-0.2, -0.15) is 5.26 Å². The van der Waals surface area contributed by atoms with Crippen molar-refractivity contribution in [3.63, 3.8) is 0 Å². The molecule has 0 bridgehead atoms. The maximum atomic E-state index is 12.8. The number of hydrogen-bond donors (Lipinski definition) is 1. The van der Waals surface area contributed by atoms with E-state index in [1.54, 1.807) is 31.4 Å². The summed E-state index contributed by atoms with van der Waals surface area (Å²) < 4.78 is 5.14. The first kappa shape index (κ1) is 16.7. The molecule has 0 spiro atoms. The van der Waals surface area contributed by atoms with E-state index in [-0.39, 0.29) is 11.5 Å². The summed E-state index contributed by atoms with van der Waals surface area (Å²) in [5, 5.41) is 19.7. The van der Waals surface area contributed by atoms with Gasteiger partial charge in [0.15, 0.2) is 0 Å². The number of amides is 1. The third-order valence-electron chi connectivity index (χ3n) is 4.48. The van der Waals surface area contributed by atoms with E-state index in [0.29, 0.717) is 11.4 Å². The third kappa shape index (κ3) is 2.88. The SMILES string of the molecule is C=C(C#N)[C@H](O)[C@H]1[C@H](c2ccccc2)C(=O)N1c1ccc(OC)cc1. The molecule has 25 heavy (non-hydrogen) atoms. The average molecular weight is 334 g/mol. The van der Waals surface area contributed by atoms with Crippen LogP contribution >= 0.6 is 0 Å². The van der Waals surface area contributed by atoms with Crippen molar-refractivity contribution in [2.45, 2.75) is 18.1 Å². The lowest BCUT2D eigenvalue weighted by atomic mass is 9.76. The first-order valence-electron chi connectivity index (χ1n) is 7.87. The molecule has 2 aromatic carbocycles. The quantitative estimate of drug-likeness (QED) is 0.674. The Hall–Kier alpha value is -3.10. The molecule has 1 saturated heterocycles. The van der Waals surface area contributed by atoms with Crippen LogP contribution in [0.5, 0.6) is 5.75 Å². The highest BCUT2D eigenvalue weighted by atomic mass is 16.5. The Morgan fingerprint density at radius 2 is 1.88 bits per heavy atom. The van der Waals surface area contributed by atoms with Crippen molar-refractivity contribution in [3.8, 4) is 11.8 Å². The molecule has 1 N–H and O–H groups in total. The Labute approximate surface area is 146 Å². The Morgan fingerprint density at radius 1 is 1.24 bits per heavy atom. The zero-order chi connectivity index (χ0) is 18.0. The fourth-order valence-corrected chi connectivity index (χ4v) is 3.15. The predicted octanol–water partition coefficient (Wildman–Crippen LogP) is 2.63. The molecule has 0 aliphatic carbocycles. The fourth-order valence-electron chi connectivity index (χ4n) is 3.15. The second-order valence-corrected chi connectivity index (χ2v) is 5.87. The maximum absolute atomic E-state index is 12.8. The van der Waals surface area contributed by atoms with E-state index >= 15 is 0 Å². The van der Waals surface area contributed by atoms with Gasteiger partial charge in [0.25, 0.3) is 0 Å². The van der Waals surface area contributed by atoms with Crippen molar-refractivity contribution in [2.24, 2.45) is 0 Å². The number of nitriles is 1. The summed E-state index contributed by atoms with van der Waals surface area (Å²) in [7, 11) is 1.57. The number of anilines is 1. The van der Waals surface area contributed by atoms with Crippen LogP contribution < -0.4 is 9.64 Å². The lowest BCUT2D eigenvalue weighted by Gasteiger charge is -2.49. The number of rotatable bonds is 5. The van der Waals surface area contributed by atoms with Gasteiger partial charge in [-0.05, 0) is 29.8 Å². The molecule has 1 aliphatic rings. The van der Waals surface area contributed by atoms with Crippen LogP contribution in [0.25, 0.3) is 0 Å². The van der Waals surface area contributed by atoms with Crippen LogP contribution in [0.3, 0.4) is 0 Å². The topological polar surface area (TPSA) is 73.6 Å². The summed E-state index contributed by atoms with van der Waals surface area (Å²) in [5.74, 6) is 0.0458. The third-order valence-corrected chi connectivity index (χ3v) is 4.48. The van der Waals surface area contributed by atoms with Gasteiger partial charge in [0.1, 0.15) is 11.9 Å². The fraction of sp³-hybridized carbons (Fsp3) is 0.200. The Morgan fingerprint density at radius 3 is 2.44 bits per heavy atom. The number of aliphatic hydroxyl groups excluding tert-OH is 1. The molecule has 0 saturated carbocycles. The number of aliphatic hydroxyl groups is 1. The number of ether oxygens (including phenoxy) is 1. The molecular formula is C20H18N2O3. The highest BCUT2D eigenvalue weighted by molar-refractivity contribution is 6.06. The molecule has 1 amide bonds. The lowest BCUT2D eigenvalue weighted by molar-refractivity contribution is -0.128. The van der Waals surface area contributed by atoms with E-state index in [1.165, 1.54) is 4.90 Å². The number of carbonyl (C=O) groups excluding carboxylic acids is 1. The number of carbonyl (C=O) groups is 1. The largest absolute Gasteiger partial charge is 0.497 e. The normalized spacial score (nSPS) is 20.4. The van der Waals surface area contributed by atoms with E-state index in [2.05, 4.69) is 6.58 Å². The number of methoxy groups -OCH3 is 1. The van der Waals surface area contributed by atoms with E-state index < -0.39 is 18.1 Å². The average Bonchev–Trinajstić information content (AvgIpc) is 2.66. The molecule has 126 valence electrons. The zero-order valence-electron chi connectivity index (χ0n) is 13.8. The minimum absolute atomic E-state index is 0.0388. The summed E-state index contributed by atoms with van der Waals surface area (Å²) in [6, 6.07) is 17.6. The van der Waals surface area contributed by atoms with E-state index in [9.17, 15) is 9.90 Å². The molecule has 0 aromatic heterocycles. The summed E-state index contributed by atoms with van der Waals surface area (Å²) >= 11 is 0.